The van der Waals surface area contributed by atoms with Gasteiger partial charge in [0.2, 0.25) is 0 Å². The molecular weight excluding hydrogens is 340 g/mol. The van der Waals surface area contributed by atoms with E-state index in [2.05, 4.69) is 35.2 Å². The van der Waals surface area contributed by atoms with Gasteiger partial charge in [-0.05, 0) is 47.4 Å². The first-order valence-corrected chi connectivity index (χ1v) is 8.90. The second kappa shape index (κ2) is 7.11. The van der Waals surface area contributed by atoms with E-state index in [0.29, 0.717) is 0 Å². The van der Waals surface area contributed by atoms with Crippen LogP contribution < -0.4 is 9.64 Å². The summed E-state index contributed by atoms with van der Waals surface area (Å²) in [5.41, 5.74) is 6.00. The third kappa shape index (κ3) is 3.36. The van der Waals surface area contributed by atoms with Crippen molar-refractivity contribution in [3.8, 4) is 16.9 Å². The predicted molar refractivity (Wildman–Crippen MR) is 106 cm³/mol. The lowest BCUT2D eigenvalue weighted by Crippen LogP contribution is -2.20. The minimum atomic E-state index is -0.366. The molecule has 3 aromatic rings. The molecular formula is C22H20N2O3. The van der Waals surface area contributed by atoms with Gasteiger partial charge in [-0.3, -0.25) is 10.1 Å². The Hall–Kier alpha value is -3.34. The van der Waals surface area contributed by atoms with Crippen LogP contribution >= 0.6 is 0 Å². The Balaban J connectivity index is 1.66. The summed E-state index contributed by atoms with van der Waals surface area (Å²) in [6.45, 7) is 1.78. The Morgan fingerprint density at radius 3 is 2.44 bits per heavy atom. The highest BCUT2D eigenvalue weighted by Crippen LogP contribution is 2.39. The number of rotatable bonds is 5. The second-order valence-corrected chi connectivity index (χ2v) is 6.64. The molecule has 0 fully saturated rings. The fourth-order valence-electron chi connectivity index (χ4n) is 3.64. The van der Waals surface area contributed by atoms with Crippen LogP contribution in [0.4, 0.5) is 11.4 Å². The molecule has 1 heterocycles. The highest BCUT2D eigenvalue weighted by Gasteiger charge is 2.23. The summed E-state index contributed by atoms with van der Waals surface area (Å²) in [6.07, 6.45) is 1.01. The SMILES string of the molecule is COc1ccc(CN2CCc3cccc(-c4ccc([N+](=O)[O-])cc4)c32)cc1. The summed E-state index contributed by atoms with van der Waals surface area (Å²) >= 11 is 0. The summed E-state index contributed by atoms with van der Waals surface area (Å²) < 4.78 is 5.24. The Bertz CT molecular complexity index is 966. The van der Waals surface area contributed by atoms with E-state index in [4.69, 9.17) is 4.74 Å². The largest absolute Gasteiger partial charge is 0.497 e. The number of hydrogen-bond donors (Lipinski definition) is 0. The van der Waals surface area contributed by atoms with Crippen LogP contribution in [0.25, 0.3) is 11.1 Å². The van der Waals surface area contributed by atoms with Crippen LogP contribution in [0.2, 0.25) is 0 Å². The van der Waals surface area contributed by atoms with E-state index in [-0.39, 0.29) is 10.6 Å². The number of hydrogen-bond acceptors (Lipinski definition) is 4. The van der Waals surface area contributed by atoms with Crippen LogP contribution in [-0.4, -0.2) is 18.6 Å². The van der Waals surface area contributed by atoms with Crippen LogP contribution in [0.3, 0.4) is 0 Å². The second-order valence-electron chi connectivity index (χ2n) is 6.64. The standard InChI is InChI=1S/C22H20N2O3/c1-27-20-11-5-16(6-12-20)15-23-14-13-18-3-2-4-21(22(18)23)17-7-9-19(10-8-17)24(25)26/h2-12H,13-15H2,1H3. The minimum absolute atomic E-state index is 0.112. The molecule has 0 saturated carbocycles. The zero-order valence-corrected chi connectivity index (χ0v) is 15.1. The zero-order valence-electron chi connectivity index (χ0n) is 15.1. The molecule has 0 amide bonds. The average molecular weight is 360 g/mol. The first-order valence-electron chi connectivity index (χ1n) is 8.90. The highest BCUT2D eigenvalue weighted by molar-refractivity contribution is 5.83. The van der Waals surface area contributed by atoms with Gasteiger partial charge in [-0.15, -0.1) is 0 Å². The lowest BCUT2D eigenvalue weighted by atomic mass is 10.00. The summed E-state index contributed by atoms with van der Waals surface area (Å²) in [4.78, 5) is 12.9. The maximum Gasteiger partial charge on any atom is 0.269 e. The van der Waals surface area contributed by atoms with E-state index in [1.54, 1.807) is 19.2 Å². The number of methoxy groups -OCH3 is 1. The number of nitro groups is 1. The molecule has 0 spiro atoms. The van der Waals surface area contributed by atoms with Crippen LogP contribution in [0.1, 0.15) is 11.1 Å². The molecule has 0 N–H and O–H groups in total. The zero-order chi connectivity index (χ0) is 18.8. The van der Waals surface area contributed by atoms with Crippen LogP contribution in [-0.2, 0) is 13.0 Å². The number of nitrogens with zero attached hydrogens (tertiary/aromatic N) is 2. The van der Waals surface area contributed by atoms with Gasteiger partial charge in [-0.1, -0.05) is 30.3 Å². The minimum Gasteiger partial charge on any atom is -0.497 e. The van der Waals surface area contributed by atoms with Crippen LogP contribution in [0.15, 0.2) is 66.7 Å². The van der Waals surface area contributed by atoms with E-state index >= 15 is 0 Å². The number of non-ortho nitro benzene ring substituents is 1. The van der Waals surface area contributed by atoms with Gasteiger partial charge in [0.15, 0.2) is 0 Å². The maximum atomic E-state index is 10.9. The van der Waals surface area contributed by atoms with Crippen LogP contribution in [0, 0.1) is 10.1 Å². The van der Waals surface area contributed by atoms with Gasteiger partial charge >= 0.3 is 0 Å². The fraction of sp³-hybridized carbons (Fsp3) is 0.182. The number of ether oxygens (including phenoxy) is 1. The van der Waals surface area contributed by atoms with Crippen molar-refractivity contribution in [2.75, 3.05) is 18.6 Å². The van der Waals surface area contributed by atoms with Crippen molar-refractivity contribution < 1.29 is 9.66 Å². The monoisotopic (exact) mass is 360 g/mol. The average Bonchev–Trinajstić information content (AvgIpc) is 3.11. The van der Waals surface area contributed by atoms with Gasteiger partial charge in [0.25, 0.3) is 5.69 Å². The first-order chi connectivity index (χ1) is 13.2. The smallest absolute Gasteiger partial charge is 0.269 e. The highest BCUT2D eigenvalue weighted by atomic mass is 16.6. The van der Waals surface area contributed by atoms with Crippen molar-refractivity contribution in [2.24, 2.45) is 0 Å². The molecule has 0 aliphatic carbocycles. The number of benzene rings is 3. The molecule has 4 rings (SSSR count). The molecule has 1 aliphatic rings. The van der Waals surface area contributed by atoms with E-state index in [9.17, 15) is 10.1 Å². The van der Waals surface area contributed by atoms with Crippen LogP contribution in [0.5, 0.6) is 5.75 Å². The molecule has 136 valence electrons. The van der Waals surface area contributed by atoms with E-state index in [1.165, 1.54) is 16.8 Å². The van der Waals surface area contributed by atoms with Crippen molar-refractivity contribution >= 4 is 11.4 Å². The molecule has 1 aliphatic heterocycles. The topological polar surface area (TPSA) is 55.6 Å². The summed E-state index contributed by atoms with van der Waals surface area (Å²) in [5, 5.41) is 10.9. The quantitative estimate of drug-likeness (QED) is 0.483. The lowest BCUT2D eigenvalue weighted by molar-refractivity contribution is -0.384. The van der Waals surface area contributed by atoms with Crippen molar-refractivity contribution in [1.82, 2.24) is 0 Å². The lowest BCUT2D eigenvalue weighted by Gasteiger charge is -2.23. The van der Waals surface area contributed by atoms with Gasteiger partial charge in [0.05, 0.1) is 12.0 Å². The van der Waals surface area contributed by atoms with E-state index < -0.39 is 0 Å². The van der Waals surface area contributed by atoms with Gasteiger partial charge in [0.1, 0.15) is 5.75 Å². The van der Waals surface area contributed by atoms with E-state index in [1.807, 2.05) is 24.3 Å². The fourth-order valence-corrected chi connectivity index (χ4v) is 3.64. The number of fused-ring (bicyclic) bond motifs is 1. The molecule has 0 atom stereocenters. The van der Waals surface area contributed by atoms with Crippen molar-refractivity contribution in [3.05, 3.63) is 88.0 Å². The third-order valence-electron chi connectivity index (χ3n) is 5.01. The van der Waals surface area contributed by atoms with Gasteiger partial charge < -0.3 is 9.64 Å². The Labute approximate surface area is 158 Å². The summed E-state index contributed by atoms with van der Waals surface area (Å²) in [5.74, 6) is 0.854. The van der Waals surface area contributed by atoms with Gasteiger partial charge in [-0.2, -0.15) is 0 Å². The number of para-hydroxylation sites is 1. The number of nitro benzene ring substituents is 1. The molecule has 5 heteroatoms. The molecule has 0 aromatic heterocycles. The van der Waals surface area contributed by atoms with Crippen molar-refractivity contribution in [3.63, 3.8) is 0 Å². The molecule has 0 saturated heterocycles. The molecule has 0 bridgehead atoms. The van der Waals surface area contributed by atoms with Crippen molar-refractivity contribution in [2.45, 2.75) is 13.0 Å². The van der Waals surface area contributed by atoms with Gasteiger partial charge in [0, 0.05) is 36.5 Å². The molecule has 3 aromatic carbocycles. The summed E-state index contributed by atoms with van der Waals surface area (Å²) in [7, 11) is 1.67. The third-order valence-corrected chi connectivity index (χ3v) is 5.01. The molecule has 27 heavy (non-hydrogen) atoms. The maximum absolute atomic E-state index is 10.9. The normalized spacial score (nSPS) is 12.7. The van der Waals surface area contributed by atoms with E-state index in [0.717, 1.165) is 36.4 Å². The predicted octanol–water partition coefficient (Wildman–Crippen LogP) is 4.83. The Morgan fingerprint density at radius 2 is 1.78 bits per heavy atom. The molecule has 0 unspecified atom stereocenters. The number of anilines is 1. The first kappa shape index (κ1) is 17.1. The Kier molecular flexibility index (Phi) is 4.50. The molecule has 5 nitrogen and oxygen atoms in total. The Morgan fingerprint density at radius 1 is 1.04 bits per heavy atom. The molecule has 0 radical (unpaired) electrons. The summed E-state index contributed by atoms with van der Waals surface area (Å²) in [6, 6.07) is 21.3. The van der Waals surface area contributed by atoms with Crippen molar-refractivity contribution in [1.29, 1.82) is 0 Å². The van der Waals surface area contributed by atoms with Gasteiger partial charge in [-0.25, -0.2) is 0 Å².